The predicted molar refractivity (Wildman–Crippen MR) is 102 cm³/mol. The van der Waals surface area contributed by atoms with Gasteiger partial charge in [0.1, 0.15) is 6.61 Å². The maximum atomic E-state index is 11.6. The minimum atomic E-state index is -0.713. The number of aliphatic hydroxyl groups is 1. The molecule has 1 aromatic rings. The van der Waals surface area contributed by atoms with Gasteiger partial charge in [-0.1, -0.05) is 25.3 Å². The second-order valence-electron chi connectivity index (χ2n) is 7.70. The van der Waals surface area contributed by atoms with Crippen molar-refractivity contribution in [2.75, 3.05) is 20.3 Å². The molecule has 150 valence electrons. The van der Waals surface area contributed by atoms with Crippen LogP contribution in [0.5, 0.6) is 11.5 Å². The number of nitrogens with one attached hydrogen (secondary N) is 1. The zero-order chi connectivity index (χ0) is 19.2. The van der Waals surface area contributed by atoms with Crippen molar-refractivity contribution in [3.05, 3.63) is 23.8 Å². The molecule has 0 radical (unpaired) electrons. The molecule has 27 heavy (non-hydrogen) atoms. The third kappa shape index (κ3) is 5.36. The van der Waals surface area contributed by atoms with E-state index in [4.69, 9.17) is 14.2 Å². The molecule has 0 amide bonds. The SMILES string of the molecule is COC(=O)C1COc2cc(CC(C)NCC(O)C3CCCCC3)ccc2O1. The lowest BCUT2D eigenvalue weighted by atomic mass is 9.85. The van der Waals surface area contributed by atoms with Crippen molar-refractivity contribution in [2.24, 2.45) is 5.92 Å². The van der Waals surface area contributed by atoms with Crippen LogP contribution in [-0.4, -0.2) is 49.6 Å². The minimum absolute atomic E-state index is 0.157. The monoisotopic (exact) mass is 377 g/mol. The maximum absolute atomic E-state index is 11.6. The molecule has 0 aromatic heterocycles. The van der Waals surface area contributed by atoms with E-state index >= 15 is 0 Å². The molecule has 1 heterocycles. The molecule has 6 nitrogen and oxygen atoms in total. The van der Waals surface area contributed by atoms with E-state index in [1.165, 1.54) is 26.4 Å². The van der Waals surface area contributed by atoms with E-state index in [2.05, 4.69) is 12.2 Å². The van der Waals surface area contributed by atoms with Crippen molar-refractivity contribution in [1.82, 2.24) is 5.32 Å². The molecule has 3 atom stereocenters. The van der Waals surface area contributed by atoms with Gasteiger partial charge < -0.3 is 24.6 Å². The lowest BCUT2D eigenvalue weighted by Crippen LogP contribution is -2.39. The Labute approximate surface area is 161 Å². The molecule has 1 fully saturated rings. The van der Waals surface area contributed by atoms with E-state index in [-0.39, 0.29) is 18.8 Å². The van der Waals surface area contributed by atoms with Gasteiger partial charge in [0.25, 0.3) is 0 Å². The number of ether oxygens (including phenoxy) is 3. The van der Waals surface area contributed by atoms with Crippen LogP contribution in [0.25, 0.3) is 0 Å². The highest BCUT2D eigenvalue weighted by atomic mass is 16.6. The van der Waals surface area contributed by atoms with Crippen LogP contribution in [0.3, 0.4) is 0 Å². The molecule has 2 aliphatic rings. The Morgan fingerprint density at radius 3 is 2.81 bits per heavy atom. The van der Waals surface area contributed by atoms with Gasteiger partial charge in [-0.3, -0.25) is 0 Å². The first-order valence-electron chi connectivity index (χ1n) is 9.98. The van der Waals surface area contributed by atoms with E-state index in [9.17, 15) is 9.90 Å². The summed E-state index contributed by atoms with van der Waals surface area (Å²) >= 11 is 0. The van der Waals surface area contributed by atoms with Crippen LogP contribution in [0, 0.1) is 5.92 Å². The van der Waals surface area contributed by atoms with Crippen LogP contribution in [-0.2, 0) is 16.0 Å². The quantitative estimate of drug-likeness (QED) is 0.711. The molecular weight excluding hydrogens is 346 g/mol. The van der Waals surface area contributed by atoms with Crippen molar-refractivity contribution >= 4 is 5.97 Å². The molecule has 3 unspecified atom stereocenters. The normalized spacial score (nSPS) is 22.1. The van der Waals surface area contributed by atoms with Gasteiger partial charge in [-0.05, 0) is 49.8 Å². The molecule has 1 aromatic carbocycles. The first-order valence-corrected chi connectivity index (χ1v) is 9.98. The summed E-state index contributed by atoms with van der Waals surface area (Å²) in [6.45, 7) is 2.92. The van der Waals surface area contributed by atoms with Crippen LogP contribution >= 0.6 is 0 Å². The fraction of sp³-hybridized carbons (Fsp3) is 0.667. The van der Waals surface area contributed by atoms with Gasteiger partial charge in [0, 0.05) is 12.6 Å². The molecule has 0 bridgehead atoms. The first kappa shape index (κ1) is 20.0. The molecule has 1 aliphatic carbocycles. The Hall–Kier alpha value is -1.79. The predicted octanol–water partition coefficient (Wildman–Crippen LogP) is 2.46. The average molecular weight is 377 g/mol. The summed E-state index contributed by atoms with van der Waals surface area (Å²) in [5, 5.41) is 13.9. The zero-order valence-corrected chi connectivity index (χ0v) is 16.3. The number of fused-ring (bicyclic) bond motifs is 1. The maximum Gasteiger partial charge on any atom is 0.350 e. The summed E-state index contributed by atoms with van der Waals surface area (Å²) in [6.07, 6.45) is 5.93. The molecule has 2 N–H and O–H groups in total. The molecule has 0 spiro atoms. The Balaban J connectivity index is 1.48. The van der Waals surface area contributed by atoms with Crippen LogP contribution < -0.4 is 14.8 Å². The summed E-state index contributed by atoms with van der Waals surface area (Å²) in [5.41, 5.74) is 1.13. The Morgan fingerprint density at radius 1 is 1.30 bits per heavy atom. The number of hydrogen-bond donors (Lipinski definition) is 2. The number of benzene rings is 1. The molecule has 1 aliphatic heterocycles. The fourth-order valence-corrected chi connectivity index (χ4v) is 3.92. The molecule has 1 saturated carbocycles. The van der Waals surface area contributed by atoms with Crippen LogP contribution in [0.15, 0.2) is 18.2 Å². The van der Waals surface area contributed by atoms with Crippen molar-refractivity contribution in [1.29, 1.82) is 0 Å². The Morgan fingerprint density at radius 2 is 2.07 bits per heavy atom. The Kier molecular flexibility index (Phi) is 6.96. The minimum Gasteiger partial charge on any atom is -0.485 e. The number of esters is 1. The van der Waals surface area contributed by atoms with Crippen LogP contribution in [0.4, 0.5) is 0 Å². The number of carbonyl (C=O) groups excluding carboxylic acids is 1. The van der Waals surface area contributed by atoms with E-state index < -0.39 is 12.1 Å². The van der Waals surface area contributed by atoms with Gasteiger partial charge in [-0.25, -0.2) is 4.79 Å². The lowest BCUT2D eigenvalue weighted by Gasteiger charge is -2.28. The number of methoxy groups -OCH3 is 1. The Bertz CT molecular complexity index is 629. The number of hydrogen-bond acceptors (Lipinski definition) is 6. The van der Waals surface area contributed by atoms with Gasteiger partial charge in [-0.2, -0.15) is 0 Å². The summed E-state index contributed by atoms with van der Waals surface area (Å²) in [7, 11) is 1.34. The number of aliphatic hydroxyl groups excluding tert-OH is 1. The van der Waals surface area contributed by atoms with Crippen molar-refractivity contribution < 1.29 is 24.1 Å². The van der Waals surface area contributed by atoms with E-state index in [0.717, 1.165) is 24.8 Å². The summed E-state index contributed by atoms with van der Waals surface area (Å²) < 4.78 is 16.0. The lowest BCUT2D eigenvalue weighted by molar-refractivity contribution is -0.151. The van der Waals surface area contributed by atoms with Gasteiger partial charge in [0.15, 0.2) is 11.5 Å². The number of rotatable bonds is 7. The summed E-state index contributed by atoms with van der Waals surface area (Å²) in [4.78, 5) is 11.6. The average Bonchev–Trinajstić information content (AvgIpc) is 2.71. The smallest absolute Gasteiger partial charge is 0.350 e. The molecule has 6 heteroatoms. The van der Waals surface area contributed by atoms with Crippen LogP contribution in [0.2, 0.25) is 0 Å². The molecular formula is C21H31NO5. The van der Waals surface area contributed by atoms with Gasteiger partial charge >= 0.3 is 5.97 Å². The van der Waals surface area contributed by atoms with E-state index in [1.807, 2.05) is 18.2 Å². The van der Waals surface area contributed by atoms with E-state index in [1.54, 1.807) is 0 Å². The second kappa shape index (κ2) is 9.42. The topological polar surface area (TPSA) is 77.0 Å². The molecule has 3 rings (SSSR count). The fourth-order valence-electron chi connectivity index (χ4n) is 3.92. The van der Waals surface area contributed by atoms with Gasteiger partial charge in [0.2, 0.25) is 6.10 Å². The van der Waals surface area contributed by atoms with Crippen molar-refractivity contribution in [3.63, 3.8) is 0 Å². The van der Waals surface area contributed by atoms with E-state index in [0.29, 0.717) is 24.0 Å². The third-order valence-corrected chi connectivity index (χ3v) is 5.54. The summed E-state index contributed by atoms with van der Waals surface area (Å²) in [6, 6.07) is 6.02. The van der Waals surface area contributed by atoms with Crippen molar-refractivity contribution in [2.45, 2.75) is 63.7 Å². The van der Waals surface area contributed by atoms with Crippen molar-refractivity contribution in [3.8, 4) is 11.5 Å². The molecule has 0 saturated heterocycles. The van der Waals surface area contributed by atoms with Gasteiger partial charge in [0.05, 0.1) is 13.2 Å². The zero-order valence-electron chi connectivity index (χ0n) is 16.3. The second-order valence-corrected chi connectivity index (χ2v) is 7.70. The first-order chi connectivity index (χ1) is 13.1. The number of carbonyl (C=O) groups is 1. The van der Waals surface area contributed by atoms with Gasteiger partial charge in [-0.15, -0.1) is 0 Å². The standard InChI is InChI=1S/C21H31NO5/c1-14(22-12-17(23)16-6-4-3-5-7-16)10-15-8-9-18-19(11-15)26-13-20(27-18)21(24)25-2/h8-9,11,14,16-17,20,22-23H,3-7,10,12-13H2,1-2H3. The largest absolute Gasteiger partial charge is 0.485 e. The third-order valence-electron chi connectivity index (χ3n) is 5.54. The highest BCUT2D eigenvalue weighted by molar-refractivity contribution is 5.75. The highest BCUT2D eigenvalue weighted by Crippen LogP contribution is 2.33. The summed E-state index contributed by atoms with van der Waals surface area (Å²) in [5.74, 6) is 1.23. The highest BCUT2D eigenvalue weighted by Gasteiger charge is 2.28. The van der Waals surface area contributed by atoms with Crippen LogP contribution in [0.1, 0.15) is 44.6 Å².